The van der Waals surface area contributed by atoms with Crippen LogP contribution in [0.3, 0.4) is 0 Å². The summed E-state index contributed by atoms with van der Waals surface area (Å²) in [6.45, 7) is 2.10. The zero-order valence-electron chi connectivity index (χ0n) is 10.7. The van der Waals surface area contributed by atoms with Gasteiger partial charge in [-0.05, 0) is 48.4 Å². The smallest absolute Gasteiger partial charge is 0.0792 e. The Balaban J connectivity index is 2.01. The molecule has 2 aromatic carbocycles. The summed E-state index contributed by atoms with van der Waals surface area (Å²) in [6, 6.07) is 15.1. The second-order valence-electron chi connectivity index (χ2n) is 5.19. The fourth-order valence-corrected chi connectivity index (χ4v) is 2.71. The topological polar surface area (TPSA) is 20.2 Å². The summed E-state index contributed by atoms with van der Waals surface area (Å²) in [5.41, 5.74) is 6.22. The Labute approximate surface area is 108 Å². The largest absolute Gasteiger partial charge is 0.388 e. The van der Waals surface area contributed by atoms with E-state index in [1.807, 2.05) is 0 Å². The molecule has 0 aromatic heterocycles. The Morgan fingerprint density at radius 3 is 2.50 bits per heavy atom. The van der Waals surface area contributed by atoms with Crippen LogP contribution in [0.4, 0.5) is 0 Å². The molecule has 92 valence electrons. The molecule has 18 heavy (non-hydrogen) atoms. The second kappa shape index (κ2) is 4.58. The third kappa shape index (κ3) is 2.06. The van der Waals surface area contributed by atoms with Crippen LogP contribution in [0.15, 0.2) is 42.5 Å². The molecule has 1 heteroatoms. The summed E-state index contributed by atoms with van der Waals surface area (Å²) in [5, 5.41) is 9.96. The van der Waals surface area contributed by atoms with Gasteiger partial charge >= 0.3 is 0 Å². The Bertz CT molecular complexity index is 554. The maximum absolute atomic E-state index is 9.96. The number of hydrogen-bond donors (Lipinski definition) is 1. The van der Waals surface area contributed by atoms with Gasteiger partial charge < -0.3 is 5.11 Å². The van der Waals surface area contributed by atoms with E-state index in [9.17, 15) is 5.11 Å². The van der Waals surface area contributed by atoms with Crippen LogP contribution in [0.2, 0.25) is 0 Å². The van der Waals surface area contributed by atoms with Crippen LogP contribution < -0.4 is 0 Å². The third-order valence-electron chi connectivity index (χ3n) is 3.81. The third-order valence-corrected chi connectivity index (χ3v) is 3.81. The molecule has 0 fully saturated rings. The van der Waals surface area contributed by atoms with E-state index >= 15 is 0 Å². The molecule has 0 spiro atoms. The van der Waals surface area contributed by atoms with E-state index in [-0.39, 0.29) is 6.10 Å². The fraction of sp³-hybridized carbons (Fsp3) is 0.294. The van der Waals surface area contributed by atoms with Crippen LogP contribution >= 0.6 is 0 Å². The summed E-state index contributed by atoms with van der Waals surface area (Å²) in [4.78, 5) is 0. The molecule has 1 N–H and O–H groups in total. The van der Waals surface area contributed by atoms with Crippen molar-refractivity contribution in [2.75, 3.05) is 0 Å². The minimum atomic E-state index is -0.263. The van der Waals surface area contributed by atoms with E-state index in [4.69, 9.17) is 0 Å². The molecule has 3 rings (SSSR count). The standard InChI is InChI=1S/C17H18O/c1-12-5-7-13(8-6-12)14-9-10-16-15(11-14)3-2-4-17(16)18/h5-11,17-18H,2-4H2,1H3. The quantitative estimate of drug-likeness (QED) is 0.795. The Morgan fingerprint density at radius 2 is 1.72 bits per heavy atom. The van der Waals surface area contributed by atoms with Gasteiger partial charge in [0.25, 0.3) is 0 Å². The molecule has 0 bridgehead atoms. The van der Waals surface area contributed by atoms with Crippen LogP contribution in [-0.2, 0) is 6.42 Å². The zero-order chi connectivity index (χ0) is 12.5. The predicted octanol–water partition coefficient (Wildman–Crippen LogP) is 4.03. The van der Waals surface area contributed by atoms with Gasteiger partial charge in [-0.1, -0.05) is 48.0 Å². The van der Waals surface area contributed by atoms with Crippen molar-refractivity contribution >= 4 is 0 Å². The van der Waals surface area contributed by atoms with Gasteiger partial charge in [0.05, 0.1) is 6.10 Å². The molecule has 0 saturated carbocycles. The van der Waals surface area contributed by atoms with Crippen molar-refractivity contribution in [3.8, 4) is 11.1 Å². The first kappa shape index (κ1) is 11.5. The van der Waals surface area contributed by atoms with Gasteiger partial charge in [0.1, 0.15) is 0 Å². The van der Waals surface area contributed by atoms with E-state index in [1.54, 1.807) is 0 Å². The molecule has 0 saturated heterocycles. The van der Waals surface area contributed by atoms with Crippen molar-refractivity contribution in [2.45, 2.75) is 32.3 Å². The van der Waals surface area contributed by atoms with Crippen molar-refractivity contribution in [2.24, 2.45) is 0 Å². The van der Waals surface area contributed by atoms with Gasteiger partial charge in [0, 0.05) is 0 Å². The summed E-state index contributed by atoms with van der Waals surface area (Å²) in [5.74, 6) is 0. The van der Waals surface area contributed by atoms with Crippen molar-refractivity contribution in [1.82, 2.24) is 0 Å². The first-order chi connectivity index (χ1) is 8.74. The average Bonchev–Trinajstić information content (AvgIpc) is 2.39. The molecule has 0 radical (unpaired) electrons. The van der Waals surface area contributed by atoms with Gasteiger partial charge in [-0.2, -0.15) is 0 Å². The second-order valence-corrected chi connectivity index (χ2v) is 5.19. The number of benzene rings is 2. The van der Waals surface area contributed by atoms with Gasteiger partial charge in [0.15, 0.2) is 0 Å². The van der Waals surface area contributed by atoms with Crippen LogP contribution in [0.5, 0.6) is 0 Å². The number of rotatable bonds is 1. The SMILES string of the molecule is Cc1ccc(-c2ccc3c(c2)CCCC3O)cc1. The first-order valence-corrected chi connectivity index (χ1v) is 6.62. The highest BCUT2D eigenvalue weighted by Crippen LogP contribution is 2.32. The summed E-state index contributed by atoms with van der Waals surface area (Å²) < 4.78 is 0. The van der Waals surface area contributed by atoms with Gasteiger partial charge in [-0.3, -0.25) is 0 Å². The molecule has 0 heterocycles. The number of aryl methyl sites for hydroxylation is 2. The molecule has 1 unspecified atom stereocenters. The molecule has 2 aromatic rings. The lowest BCUT2D eigenvalue weighted by Gasteiger charge is -2.22. The normalized spacial score (nSPS) is 18.4. The lowest BCUT2D eigenvalue weighted by Crippen LogP contribution is -2.08. The van der Waals surface area contributed by atoms with Crippen LogP contribution in [0.25, 0.3) is 11.1 Å². The molecule has 1 aliphatic carbocycles. The maximum Gasteiger partial charge on any atom is 0.0792 e. The highest BCUT2D eigenvalue weighted by Gasteiger charge is 2.17. The Hall–Kier alpha value is -1.60. The average molecular weight is 238 g/mol. The van der Waals surface area contributed by atoms with E-state index < -0.39 is 0 Å². The monoisotopic (exact) mass is 238 g/mol. The number of aliphatic hydroxyl groups is 1. The molecule has 1 nitrogen and oxygen atoms in total. The van der Waals surface area contributed by atoms with Crippen molar-refractivity contribution in [1.29, 1.82) is 0 Å². The van der Waals surface area contributed by atoms with Crippen LogP contribution in [0.1, 0.15) is 35.6 Å². The minimum Gasteiger partial charge on any atom is -0.388 e. The number of aliphatic hydroxyl groups excluding tert-OH is 1. The molecular weight excluding hydrogens is 220 g/mol. The summed E-state index contributed by atoms with van der Waals surface area (Å²) in [6.07, 6.45) is 2.81. The number of fused-ring (bicyclic) bond motifs is 1. The molecule has 1 atom stereocenters. The minimum absolute atomic E-state index is 0.263. The van der Waals surface area contributed by atoms with E-state index in [2.05, 4.69) is 49.4 Å². The Morgan fingerprint density at radius 1 is 1.00 bits per heavy atom. The van der Waals surface area contributed by atoms with Crippen LogP contribution in [0, 0.1) is 6.92 Å². The lowest BCUT2D eigenvalue weighted by atomic mass is 9.87. The zero-order valence-corrected chi connectivity index (χ0v) is 10.7. The predicted molar refractivity (Wildman–Crippen MR) is 74.5 cm³/mol. The van der Waals surface area contributed by atoms with Gasteiger partial charge in [-0.25, -0.2) is 0 Å². The molecule has 0 aliphatic heterocycles. The summed E-state index contributed by atoms with van der Waals surface area (Å²) >= 11 is 0. The van der Waals surface area contributed by atoms with Crippen LogP contribution in [-0.4, -0.2) is 5.11 Å². The lowest BCUT2D eigenvalue weighted by molar-refractivity contribution is 0.156. The Kier molecular flexibility index (Phi) is 2.92. The highest BCUT2D eigenvalue weighted by atomic mass is 16.3. The first-order valence-electron chi connectivity index (χ1n) is 6.62. The van der Waals surface area contributed by atoms with E-state index in [0.717, 1.165) is 24.8 Å². The molecular formula is C17H18O. The number of hydrogen-bond acceptors (Lipinski definition) is 1. The molecule has 0 amide bonds. The maximum atomic E-state index is 9.96. The van der Waals surface area contributed by atoms with Gasteiger partial charge in [-0.15, -0.1) is 0 Å². The fourth-order valence-electron chi connectivity index (χ4n) is 2.71. The van der Waals surface area contributed by atoms with E-state index in [0.29, 0.717) is 0 Å². The molecule has 1 aliphatic rings. The van der Waals surface area contributed by atoms with Crippen molar-refractivity contribution < 1.29 is 5.11 Å². The van der Waals surface area contributed by atoms with E-state index in [1.165, 1.54) is 22.3 Å². The highest BCUT2D eigenvalue weighted by molar-refractivity contribution is 5.65. The van der Waals surface area contributed by atoms with Gasteiger partial charge in [0.2, 0.25) is 0 Å². The summed E-state index contributed by atoms with van der Waals surface area (Å²) in [7, 11) is 0. The van der Waals surface area contributed by atoms with Crippen molar-refractivity contribution in [3.05, 3.63) is 59.2 Å². The van der Waals surface area contributed by atoms with Crippen molar-refractivity contribution in [3.63, 3.8) is 0 Å².